The van der Waals surface area contributed by atoms with Crippen molar-refractivity contribution >= 4 is 28.7 Å². The van der Waals surface area contributed by atoms with E-state index in [4.69, 9.17) is 9.72 Å². The number of ether oxygens (including phenoxy) is 1. The third kappa shape index (κ3) is 5.09. The molecule has 7 heteroatoms. The van der Waals surface area contributed by atoms with Crippen LogP contribution in [0.3, 0.4) is 0 Å². The number of thioether (sulfide) groups is 1. The predicted molar refractivity (Wildman–Crippen MR) is 119 cm³/mol. The molecule has 0 fully saturated rings. The highest BCUT2D eigenvalue weighted by molar-refractivity contribution is 7.98. The SMILES string of the molecule is CCCCn1c(C(CCSC)NC(=O)c2ccccn2)nc2ccc(OC)cc21. The fourth-order valence-electron chi connectivity index (χ4n) is 3.30. The minimum atomic E-state index is -0.188. The van der Waals surface area contributed by atoms with E-state index in [1.54, 1.807) is 37.2 Å². The van der Waals surface area contributed by atoms with Gasteiger partial charge in [0.05, 0.1) is 24.2 Å². The second-order valence-electron chi connectivity index (χ2n) is 6.85. The van der Waals surface area contributed by atoms with Crippen molar-refractivity contribution in [3.63, 3.8) is 0 Å². The van der Waals surface area contributed by atoms with Crippen LogP contribution in [0.25, 0.3) is 11.0 Å². The summed E-state index contributed by atoms with van der Waals surface area (Å²) in [6, 6.07) is 11.1. The Morgan fingerprint density at radius 2 is 2.17 bits per heavy atom. The lowest BCUT2D eigenvalue weighted by Gasteiger charge is -2.20. The highest BCUT2D eigenvalue weighted by Gasteiger charge is 2.23. The van der Waals surface area contributed by atoms with Crippen LogP contribution in [-0.4, -0.2) is 39.6 Å². The van der Waals surface area contributed by atoms with Crippen molar-refractivity contribution in [1.29, 1.82) is 0 Å². The van der Waals surface area contributed by atoms with Gasteiger partial charge in [0.2, 0.25) is 0 Å². The van der Waals surface area contributed by atoms with E-state index in [0.717, 1.165) is 54.2 Å². The van der Waals surface area contributed by atoms with Crippen LogP contribution < -0.4 is 10.1 Å². The molecule has 1 unspecified atom stereocenters. The number of amides is 1. The molecule has 0 aliphatic carbocycles. The topological polar surface area (TPSA) is 69.0 Å². The number of imidazole rings is 1. The molecule has 6 nitrogen and oxygen atoms in total. The van der Waals surface area contributed by atoms with Gasteiger partial charge in [0.1, 0.15) is 17.3 Å². The van der Waals surface area contributed by atoms with Crippen molar-refractivity contribution in [1.82, 2.24) is 19.9 Å². The Labute approximate surface area is 176 Å². The number of nitrogens with one attached hydrogen (secondary N) is 1. The first kappa shape index (κ1) is 21.2. The summed E-state index contributed by atoms with van der Waals surface area (Å²) >= 11 is 1.76. The summed E-state index contributed by atoms with van der Waals surface area (Å²) in [4.78, 5) is 21.9. The molecule has 0 aliphatic rings. The number of aryl methyl sites for hydroxylation is 1. The number of fused-ring (bicyclic) bond motifs is 1. The molecule has 0 radical (unpaired) electrons. The van der Waals surface area contributed by atoms with E-state index in [2.05, 4.69) is 28.0 Å². The van der Waals surface area contributed by atoms with Crippen LogP contribution in [-0.2, 0) is 6.54 Å². The van der Waals surface area contributed by atoms with E-state index in [9.17, 15) is 4.79 Å². The quantitative estimate of drug-likeness (QED) is 0.532. The number of hydrogen-bond acceptors (Lipinski definition) is 5. The molecular formula is C22H28N4O2S. The zero-order valence-electron chi connectivity index (χ0n) is 17.2. The molecule has 1 atom stereocenters. The van der Waals surface area contributed by atoms with Crippen LogP contribution >= 0.6 is 11.8 Å². The van der Waals surface area contributed by atoms with Crippen LogP contribution in [0, 0.1) is 0 Å². The van der Waals surface area contributed by atoms with Gasteiger partial charge < -0.3 is 14.6 Å². The van der Waals surface area contributed by atoms with E-state index in [1.807, 2.05) is 24.3 Å². The lowest BCUT2D eigenvalue weighted by molar-refractivity contribution is 0.0928. The van der Waals surface area contributed by atoms with Gasteiger partial charge in [-0.15, -0.1) is 0 Å². The summed E-state index contributed by atoms with van der Waals surface area (Å²) in [5.74, 6) is 2.44. The second-order valence-corrected chi connectivity index (χ2v) is 7.84. The molecule has 1 aromatic carbocycles. The average Bonchev–Trinajstić information content (AvgIpc) is 3.12. The third-order valence-corrected chi connectivity index (χ3v) is 5.49. The van der Waals surface area contributed by atoms with E-state index in [0.29, 0.717) is 5.69 Å². The molecular weight excluding hydrogens is 384 g/mol. The Balaban J connectivity index is 2.00. The molecule has 0 saturated carbocycles. The fourth-order valence-corrected chi connectivity index (χ4v) is 3.77. The maximum Gasteiger partial charge on any atom is 0.270 e. The Morgan fingerprint density at radius 1 is 1.31 bits per heavy atom. The van der Waals surface area contributed by atoms with Gasteiger partial charge in [0.15, 0.2) is 0 Å². The van der Waals surface area contributed by atoms with E-state index in [1.165, 1.54) is 0 Å². The van der Waals surface area contributed by atoms with Crippen molar-refractivity contribution in [2.45, 2.75) is 38.8 Å². The Hall–Kier alpha value is -2.54. The number of nitrogens with zero attached hydrogens (tertiary/aromatic N) is 3. The molecule has 2 aromatic heterocycles. The van der Waals surface area contributed by atoms with Crippen LogP contribution in [0.5, 0.6) is 5.75 Å². The maximum atomic E-state index is 12.8. The summed E-state index contributed by atoms with van der Waals surface area (Å²) in [7, 11) is 1.67. The Kier molecular flexibility index (Phi) is 7.52. The monoisotopic (exact) mass is 412 g/mol. The predicted octanol–water partition coefficient (Wildman–Crippen LogP) is 4.46. The van der Waals surface area contributed by atoms with E-state index < -0.39 is 0 Å². The van der Waals surface area contributed by atoms with Gasteiger partial charge in [-0.3, -0.25) is 9.78 Å². The molecule has 3 rings (SSSR count). The van der Waals surface area contributed by atoms with Crippen LogP contribution in [0.4, 0.5) is 0 Å². The lowest BCUT2D eigenvalue weighted by Crippen LogP contribution is -2.31. The molecule has 2 heterocycles. The number of aromatic nitrogens is 3. The van der Waals surface area contributed by atoms with Crippen molar-refractivity contribution in [3.8, 4) is 5.75 Å². The summed E-state index contributed by atoms with van der Waals surface area (Å²) in [5.41, 5.74) is 2.37. The standard InChI is InChI=1S/C22H28N4O2S/c1-4-5-13-26-20-15-16(28-2)9-10-17(20)24-21(26)18(11-14-29-3)25-22(27)19-8-6-7-12-23-19/h6-10,12,15,18H,4-5,11,13-14H2,1-3H3,(H,25,27). The molecule has 0 bridgehead atoms. The minimum absolute atomic E-state index is 0.177. The molecule has 1 N–H and O–H groups in total. The zero-order chi connectivity index (χ0) is 20.6. The molecule has 3 aromatic rings. The van der Waals surface area contributed by atoms with Gasteiger partial charge in [0.25, 0.3) is 5.91 Å². The number of rotatable bonds is 10. The van der Waals surface area contributed by atoms with Crippen molar-refractivity contribution in [2.24, 2.45) is 0 Å². The highest BCUT2D eigenvalue weighted by atomic mass is 32.2. The number of pyridine rings is 1. The Bertz CT molecular complexity index is 943. The summed E-state index contributed by atoms with van der Waals surface area (Å²) in [6.45, 7) is 3.03. The molecule has 0 aliphatic heterocycles. The first-order valence-electron chi connectivity index (χ1n) is 9.93. The molecule has 29 heavy (non-hydrogen) atoms. The molecule has 154 valence electrons. The van der Waals surface area contributed by atoms with Crippen LogP contribution in [0.1, 0.15) is 48.5 Å². The maximum absolute atomic E-state index is 12.8. The summed E-state index contributed by atoms with van der Waals surface area (Å²) in [6.07, 6.45) is 6.63. The summed E-state index contributed by atoms with van der Waals surface area (Å²) in [5, 5.41) is 3.16. The van der Waals surface area contributed by atoms with Crippen molar-refractivity contribution < 1.29 is 9.53 Å². The second kappa shape index (κ2) is 10.3. The largest absolute Gasteiger partial charge is 0.497 e. The van der Waals surface area contributed by atoms with E-state index in [-0.39, 0.29) is 11.9 Å². The van der Waals surface area contributed by atoms with Crippen molar-refractivity contribution in [2.75, 3.05) is 19.1 Å². The van der Waals surface area contributed by atoms with Crippen LogP contribution in [0.15, 0.2) is 42.6 Å². The average molecular weight is 413 g/mol. The fraction of sp³-hybridized carbons (Fsp3) is 0.409. The van der Waals surface area contributed by atoms with Gasteiger partial charge in [-0.25, -0.2) is 4.98 Å². The van der Waals surface area contributed by atoms with Gasteiger partial charge in [-0.05, 0) is 49.1 Å². The molecule has 0 saturated heterocycles. The number of carbonyl (C=O) groups is 1. The summed E-state index contributed by atoms with van der Waals surface area (Å²) < 4.78 is 7.64. The van der Waals surface area contributed by atoms with Crippen LogP contribution in [0.2, 0.25) is 0 Å². The first-order valence-corrected chi connectivity index (χ1v) is 11.3. The number of methoxy groups -OCH3 is 1. The highest BCUT2D eigenvalue weighted by Crippen LogP contribution is 2.27. The van der Waals surface area contributed by atoms with Gasteiger partial charge in [-0.1, -0.05) is 19.4 Å². The minimum Gasteiger partial charge on any atom is -0.497 e. The number of unbranched alkanes of at least 4 members (excludes halogenated alkanes) is 1. The Morgan fingerprint density at radius 3 is 2.86 bits per heavy atom. The van der Waals surface area contributed by atoms with Gasteiger partial charge in [-0.2, -0.15) is 11.8 Å². The van der Waals surface area contributed by atoms with Gasteiger partial charge in [0, 0.05) is 18.8 Å². The number of benzene rings is 1. The van der Waals surface area contributed by atoms with E-state index >= 15 is 0 Å². The first-order chi connectivity index (χ1) is 14.2. The normalized spacial score (nSPS) is 12.1. The zero-order valence-corrected chi connectivity index (χ0v) is 18.0. The van der Waals surface area contributed by atoms with Gasteiger partial charge >= 0.3 is 0 Å². The number of hydrogen-bond donors (Lipinski definition) is 1. The molecule has 0 spiro atoms. The van der Waals surface area contributed by atoms with Crippen molar-refractivity contribution in [3.05, 3.63) is 54.1 Å². The number of carbonyl (C=O) groups excluding carboxylic acids is 1. The smallest absolute Gasteiger partial charge is 0.270 e. The molecule has 1 amide bonds. The third-order valence-electron chi connectivity index (χ3n) is 4.85. The lowest BCUT2D eigenvalue weighted by atomic mass is 10.2.